The number of halogens is 1. The zero-order valence-corrected chi connectivity index (χ0v) is 22.2. The number of ketones is 1. The molecule has 1 aliphatic heterocycles. The molecule has 0 radical (unpaired) electrons. The zero-order valence-electron chi connectivity index (χ0n) is 20.6. The van der Waals surface area contributed by atoms with Crippen LogP contribution in [0.2, 0.25) is 5.02 Å². The van der Waals surface area contributed by atoms with E-state index in [2.05, 4.69) is 15.3 Å². The first-order valence-corrected chi connectivity index (χ1v) is 13.4. The molecule has 1 fully saturated rings. The van der Waals surface area contributed by atoms with Gasteiger partial charge in [-0.3, -0.25) is 19.7 Å². The normalized spacial score (nSPS) is 14.0. The van der Waals surface area contributed by atoms with Crippen molar-refractivity contribution in [2.24, 2.45) is 0 Å². The summed E-state index contributed by atoms with van der Waals surface area (Å²) < 4.78 is 10.7. The largest absolute Gasteiger partial charge is 0.497 e. The van der Waals surface area contributed by atoms with Gasteiger partial charge in [-0.15, -0.1) is 11.3 Å². The number of methoxy groups -OCH3 is 1. The predicted octanol–water partition coefficient (Wildman–Crippen LogP) is 5.57. The molecule has 2 aromatic carbocycles. The number of benzene rings is 2. The van der Waals surface area contributed by atoms with E-state index in [1.165, 1.54) is 11.3 Å². The summed E-state index contributed by atoms with van der Waals surface area (Å²) in [5.74, 6) is 0.356. The number of thiazole rings is 1. The fraction of sp³-hybridized carbons (Fsp3) is 0.296. The van der Waals surface area contributed by atoms with Crippen LogP contribution in [-0.4, -0.2) is 52.7 Å². The molecule has 196 valence electrons. The van der Waals surface area contributed by atoms with Crippen molar-refractivity contribution in [1.82, 2.24) is 14.9 Å². The summed E-state index contributed by atoms with van der Waals surface area (Å²) in [6.45, 7) is 1.18. The molecule has 2 amide bonds. The lowest BCUT2D eigenvalue weighted by Crippen LogP contribution is -2.38. The highest BCUT2D eigenvalue weighted by atomic mass is 35.5. The Labute approximate surface area is 227 Å². The number of hydrogen-bond donors (Lipinski definition) is 1. The number of oxazole rings is 1. The third-order valence-corrected chi connectivity index (χ3v) is 7.74. The van der Waals surface area contributed by atoms with Crippen LogP contribution in [0.15, 0.2) is 52.3 Å². The molecule has 2 aromatic heterocycles. The van der Waals surface area contributed by atoms with Gasteiger partial charge in [0.1, 0.15) is 17.0 Å². The summed E-state index contributed by atoms with van der Waals surface area (Å²) in [6.07, 6.45) is 1.85. The second-order valence-corrected chi connectivity index (χ2v) is 10.3. The molecule has 1 N–H and O–H groups in total. The van der Waals surface area contributed by atoms with Gasteiger partial charge < -0.3 is 14.1 Å². The molecule has 5 rings (SSSR count). The maximum atomic E-state index is 12.7. The first-order chi connectivity index (χ1) is 18.4. The molecule has 0 atom stereocenters. The number of likely N-dealkylation sites (tertiary alicyclic amines) is 1. The van der Waals surface area contributed by atoms with E-state index in [4.69, 9.17) is 20.8 Å². The van der Waals surface area contributed by atoms with Gasteiger partial charge in [0.05, 0.1) is 12.1 Å². The third kappa shape index (κ3) is 5.87. The number of piperidine rings is 1. The van der Waals surface area contributed by atoms with Crippen molar-refractivity contribution in [2.45, 2.75) is 31.6 Å². The first kappa shape index (κ1) is 25.9. The molecule has 0 saturated carbocycles. The maximum absolute atomic E-state index is 12.7. The minimum atomic E-state index is -0.403. The molecule has 0 spiro atoms. The van der Waals surface area contributed by atoms with Crippen molar-refractivity contribution in [3.05, 3.63) is 69.1 Å². The van der Waals surface area contributed by atoms with Gasteiger partial charge >= 0.3 is 6.01 Å². The van der Waals surface area contributed by atoms with Crippen molar-refractivity contribution in [1.29, 1.82) is 0 Å². The number of fused-ring (bicyclic) bond motifs is 1. The van der Waals surface area contributed by atoms with Gasteiger partial charge in [0.25, 0.3) is 5.91 Å². The Morgan fingerprint density at radius 3 is 2.61 bits per heavy atom. The number of rotatable bonds is 8. The van der Waals surface area contributed by atoms with E-state index in [1.54, 1.807) is 59.9 Å². The lowest BCUT2D eigenvalue weighted by molar-refractivity contribution is -0.132. The summed E-state index contributed by atoms with van der Waals surface area (Å²) in [5.41, 5.74) is 1.94. The fourth-order valence-electron chi connectivity index (χ4n) is 4.37. The van der Waals surface area contributed by atoms with Crippen molar-refractivity contribution < 1.29 is 23.5 Å². The van der Waals surface area contributed by atoms with Crippen molar-refractivity contribution in [3.8, 4) is 5.75 Å². The van der Waals surface area contributed by atoms with Crippen LogP contribution in [0.25, 0.3) is 11.1 Å². The quantitative estimate of drug-likeness (QED) is 0.284. The lowest BCUT2D eigenvalue weighted by atomic mass is 9.97. The Hall–Kier alpha value is -3.76. The number of nitrogens with zero attached hydrogens (tertiary/aromatic N) is 3. The topological polar surface area (TPSA) is 115 Å². The van der Waals surface area contributed by atoms with Gasteiger partial charge in [-0.2, -0.15) is 4.98 Å². The molecule has 0 aliphatic carbocycles. The highest BCUT2D eigenvalue weighted by Crippen LogP contribution is 2.31. The molecular weight excluding hydrogens is 528 g/mol. The number of amides is 2. The van der Waals surface area contributed by atoms with Gasteiger partial charge in [0.2, 0.25) is 5.91 Å². The summed E-state index contributed by atoms with van der Waals surface area (Å²) in [6, 6.07) is 12.0. The van der Waals surface area contributed by atoms with Crippen molar-refractivity contribution >= 4 is 57.6 Å². The number of nitrogens with one attached hydrogen (secondary N) is 1. The predicted molar refractivity (Wildman–Crippen MR) is 144 cm³/mol. The Morgan fingerprint density at radius 1 is 1.11 bits per heavy atom. The number of carbonyl (C=O) groups is 3. The molecule has 0 unspecified atom stereocenters. The van der Waals surface area contributed by atoms with E-state index in [0.29, 0.717) is 46.2 Å². The van der Waals surface area contributed by atoms with E-state index in [-0.39, 0.29) is 36.5 Å². The molecule has 0 bridgehead atoms. The Morgan fingerprint density at radius 2 is 1.87 bits per heavy atom. The van der Waals surface area contributed by atoms with Gasteiger partial charge in [0.15, 0.2) is 11.4 Å². The zero-order chi connectivity index (χ0) is 26.6. The average Bonchev–Trinajstić information content (AvgIpc) is 3.59. The summed E-state index contributed by atoms with van der Waals surface area (Å²) in [5, 5.41) is 5.75. The highest BCUT2D eigenvalue weighted by Gasteiger charge is 2.27. The van der Waals surface area contributed by atoms with Crippen LogP contribution in [0, 0.1) is 0 Å². The van der Waals surface area contributed by atoms with Gasteiger partial charge in [-0.25, -0.2) is 4.98 Å². The number of carbonyl (C=O) groups excluding carboxylic acids is 3. The van der Waals surface area contributed by atoms with Crippen LogP contribution >= 0.6 is 22.9 Å². The van der Waals surface area contributed by atoms with Crippen LogP contribution in [0.4, 0.5) is 6.01 Å². The van der Waals surface area contributed by atoms with Gasteiger partial charge in [0, 0.05) is 47.8 Å². The molecule has 4 aromatic rings. The molecule has 9 nitrogen and oxygen atoms in total. The van der Waals surface area contributed by atoms with E-state index >= 15 is 0 Å². The molecule has 1 aliphatic rings. The molecule has 1 saturated heterocycles. The minimum absolute atomic E-state index is 0.0239. The van der Waals surface area contributed by atoms with E-state index in [0.717, 1.165) is 17.8 Å². The van der Waals surface area contributed by atoms with Crippen LogP contribution in [0.5, 0.6) is 5.75 Å². The third-order valence-electron chi connectivity index (χ3n) is 6.50. The highest BCUT2D eigenvalue weighted by molar-refractivity contribution is 7.10. The number of hydrogen-bond acceptors (Lipinski definition) is 8. The van der Waals surface area contributed by atoms with Crippen molar-refractivity contribution in [3.63, 3.8) is 0 Å². The molecule has 3 heterocycles. The maximum Gasteiger partial charge on any atom is 0.302 e. The van der Waals surface area contributed by atoms with E-state index in [9.17, 15) is 14.4 Å². The number of anilines is 1. The number of aromatic nitrogens is 2. The van der Waals surface area contributed by atoms with E-state index < -0.39 is 5.91 Å². The Balaban J connectivity index is 1.10. The van der Waals surface area contributed by atoms with Crippen LogP contribution in [0.1, 0.15) is 57.5 Å². The Bertz CT molecular complexity index is 1470. The van der Waals surface area contributed by atoms with Gasteiger partial charge in [-0.1, -0.05) is 11.6 Å². The van der Waals surface area contributed by atoms with Crippen LogP contribution < -0.4 is 10.1 Å². The number of Topliss-reactive ketones (excluding diaryl/α,β-unsaturated/α-hetero) is 1. The van der Waals surface area contributed by atoms with E-state index in [1.807, 2.05) is 0 Å². The summed E-state index contributed by atoms with van der Waals surface area (Å²) in [4.78, 5) is 48.4. The first-order valence-electron chi connectivity index (χ1n) is 12.2. The molecule has 38 heavy (non-hydrogen) atoms. The molecular formula is C27H25ClN4O5S. The Kier molecular flexibility index (Phi) is 7.71. The van der Waals surface area contributed by atoms with Crippen molar-refractivity contribution in [2.75, 3.05) is 25.5 Å². The second kappa shape index (κ2) is 11.3. The van der Waals surface area contributed by atoms with Crippen LogP contribution in [-0.2, 0) is 4.79 Å². The molecule has 11 heteroatoms. The fourth-order valence-corrected chi connectivity index (χ4v) is 5.51. The average molecular weight is 553 g/mol. The monoisotopic (exact) mass is 552 g/mol. The summed E-state index contributed by atoms with van der Waals surface area (Å²) in [7, 11) is 1.57. The smallest absolute Gasteiger partial charge is 0.302 e. The lowest BCUT2D eigenvalue weighted by Gasteiger charge is -2.31. The minimum Gasteiger partial charge on any atom is -0.497 e. The number of ether oxygens (including phenoxy) is 1. The second-order valence-electron chi connectivity index (χ2n) is 8.96. The van der Waals surface area contributed by atoms with Gasteiger partial charge in [-0.05, 0) is 55.3 Å². The standard InChI is InChI=1S/C27H25ClN4O5S/c1-36-19-5-2-16(3-6-19)22(33)7-9-24(34)32-12-10-17(11-13-32)26-29-21(15-38-26)25(35)31-27-30-20-14-18(28)4-8-23(20)37-27/h2-6,8,14-15,17H,7,9-13H2,1H3,(H,30,31,35). The SMILES string of the molecule is COc1ccc(C(=O)CCC(=O)N2CCC(c3nc(C(=O)Nc4nc5cc(Cl)ccc5o4)cs3)CC2)cc1. The van der Waals surface area contributed by atoms with Crippen LogP contribution in [0.3, 0.4) is 0 Å². The summed E-state index contributed by atoms with van der Waals surface area (Å²) >= 11 is 7.40.